The van der Waals surface area contributed by atoms with Crippen molar-refractivity contribution in [2.24, 2.45) is 11.8 Å². The Morgan fingerprint density at radius 3 is 1.98 bits per heavy atom. The van der Waals surface area contributed by atoms with Gasteiger partial charge in [-0.25, -0.2) is 4.79 Å². The van der Waals surface area contributed by atoms with E-state index in [1.54, 1.807) is 20.8 Å². The average molecular weight is 565 g/mol. The van der Waals surface area contributed by atoms with Gasteiger partial charge in [0.15, 0.2) is 0 Å². The molecule has 228 valence electrons. The first-order valence-electron chi connectivity index (χ1n) is 14.3. The van der Waals surface area contributed by atoms with Crippen molar-refractivity contribution in [3.05, 3.63) is 29.8 Å². The van der Waals surface area contributed by atoms with Gasteiger partial charge in [-0.3, -0.25) is 9.59 Å². The van der Waals surface area contributed by atoms with Gasteiger partial charge >= 0.3 is 5.97 Å². The second kappa shape index (κ2) is 17.2. The number of carbonyl (C=O) groups is 3. The lowest BCUT2D eigenvalue weighted by Gasteiger charge is -2.25. The van der Waals surface area contributed by atoms with Gasteiger partial charge < -0.3 is 29.6 Å². The minimum atomic E-state index is -0.831. The number of ether oxygens (including phenoxy) is 4. The fraction of sp³-hybridized carbons (Fsp3) is 0.710. The summed E-state index contributed by atoms with van der Waals surface area (Å²) < 4.78 is 22.4. The molecule has 0 fully saturated rings. The van der Waals surface area contributed by atoms with E-state index in [2.05, 4.69) is 24.5 Å². The second-order valence-corrected chi connectivity index (χ2v) is 12.5. The first-order valence-corrected chi connectivity index (χ1v) is 14.3. The summed E-state index contributed by atoms with van der Waals surface area (Å²) in [6, 6.07) is 6.64. The molecule has 1 aromatic rings. The van der Waals surface area contributed by atoms with Gasteiger partial charge in [0.2, 0.25) is 11.8 Å². The molecule has 0 unspecified atom stereocenters. The summed E-state index contributed by atoms with van der Waals surface area (Å²) in [5.74, 6) is 0.439. The van der Waals surface area contributed by atoms with E-state index in [0.29, 0.717) is 32.3 Å². The Kier molecular flexibility index (Phi) is 15.2. The Labute approximate surface area is 241 Å². The monoisotopic (exact) mass is 564 g/mol. The maximum atomic E-state index is 12.8. The maximum absolute atomic E-state index is 12.8. The highest BCUT2D eigenvalue weighted by molar-refractivity contribution is 5.85. The van der Waals surface area contributed by atoms with Gasteiger partial charge in [-0.2, -0.15) is 0 Å². The maximum Gasteiger partial charge on any atom is 0.329 e. The Morgan fingerprint density at radius 1 is 0.825 bits per heavy atom. The van der Waals surface area contributed by atoms with Crippen LogP contribution in [0.2, 0.25) is 0 Å². The molecule has 0 aliphatic carbocycles. The molecule has 9 heteroatoms. The van der Waals surface area contributed by atoms with Gasteiger partial charge in [0.05, 0.1) is 26.4 Å². The molecule has 0 aliphatic rings. The number of nitrogens with one attached hydrogen (secondary N) is 2. The quantitative estimate of drug-likeness (QED) is 0.212. The standard InChI is InChI=1S/C31H52N2O7/c1-22(2)20-23(3)28(35)32-15-17-38-19-18-37-16-14-27(34)33-26(29(36)40-31(7,8)9)21-24-10-12-25(13-11-24)39-30(4,5)6/h10-13,22-23,26H,14-21H2,1-9H3,(H,32,35)(H,33,34)/t23-,26-/m0/s1. The molecule has 1 rings (SSSR count). The fourth-order valence-electron chi connectivity index (χ4n) is 3.84. The lowest BCUT2D eigenvalue weighted by molar-refractivity contribution is -0.158. The van der Waals surface area contributed by atoms with Crippen molar-refractivity contribution in [2.75, 3.05) is 33.0 Å². The zero-order valence-electron chi connectivity index (χ0n) is 26.1. The molecule has 2 amide bonds. The average Bonchev–Trinajstić information content (AvgIpc) is 2.81. The second-order valence-electron chi connectivity index (χ2n) is 12.5. The van der Waals surface area contributed by atoms with Crippen LogP contribution >= 0.6 is 0 Å². The third kappa shape index (κ3) is 17.1. The van der Waals surface area contributed by atoms with Crippen molar-refractivity contribution < 1.29 is 33.3 Å². The van der Waals surface area contributed by atoms with Crippen molar-refractivity contribution in [1.82, 2.24) is 10.6 Å². The van der Waals surface area contributed by atoms with Crippen molar-refractivity contribution >= 4 is 17.8 Å². The van der Waals surface area contributed by atoms with Gasteiger partial charge in [0.25, 0.3) is 0 Å². The van der Waals surface area contributed by atoms with Crippen molar-refractivity contribution in [3.8, 4) is 5.75 Å². The number of carbonyl (C=O) groups excluding carboxylic acids is 3. The van der Waals surface area contributed by atoms with Gasteiger partial charge in [0.1, 0.15) is 23.0 Å². The number of hydrogen-bond acceptors (Lipinski definition) is 7. The molecule has 0 spiro atoms. The zero-order valence-corrected chi connectivity index (χ0v) is 26.1. The summed E-state index contributed by atoms with van der Waals surface area (Å²) in [6.45, 7) is 19.1. The Balaban J connectivity index is 2.43. The topological polar surface area (TPSA) is 112 Å². The third-order valence-corrected chi connectivity index (χ3v) is 5.48. The lowest BCUT2D eigenvalue weighted by atomic mass is 9.98. The predicted molar refractivity (Wildman–Crippen MR) is 156 cm³/mol. The van der Waals surface area contributed by atoms with Crippen LogP contribution in [-0.4, -0.2) is 68.0 Å². The van der Waals surface area contributed by atoms with Crippen LogP contribution in [-0.2, 0) is 35.0 Å². The van der Waals surface area contributed by atoms with E-state index in [1.165, 1.54) is 0 Å². The predicted octanol–water partition coefficient (Wildman–Crippen LogP) is 4.45. The molecular weight excluding hydrogens is 512 g/mol. The van der Waals surface area contributed by atoms with Gasteiger partial charge in [0, 0.05) is 25.3 Å². The van der Waals surface area contributed by atoms with Gasteiger partial charge in [-0.1, -0.05) is 32.9 Å². The van der Waals surface area contributed by atoms with Crippen LogP contribution in [0.4, 0.5) is 0 Å². The molecule has 1 aromatic carbocycles. The van der Waals surface area contributed by atoms with E-state index < -0.39 is 17.6 Å². The van der Waals surface area contributed by atoms with E-state index >= 15 is 0 Å². The normalized spacial score (nSPS) is 13.4. The minimum absolute atomic E-state index is 0.0158. The van der Waals surface area contributed by atoms with Gasteiger partial charge in [-0.05, 0) is 71.6 Å². The fourth-order valence-corrected chi connectivity index (χ4v) is 3.84. The van der Waals surface area contributed by atoms with Crippen LogP contribution in [0.5, 0.6) is 5.75 Å². The summed E-state index contributed by atoms with van der Waals surface area (Å²) in [5.41, 5.74) is -0.120. The highest BCUT2D eigenvalue weighted by Crippen LogP contribution is 2.20. The highest BCUT2D eigenvalue weighted by Gasteiger charge is 2.27. The summed E-state index contributed by atoms with van der Waals surface area (Å²) in [5, 5.41) is 5.67. The molecule has 40 heavy (non-hydrogen) atoms. The number of rotatable bonds is 17. The third-order valence-electron chi connectivity index (χ3n) is 5.48. The van der Waals surface area contributed by atoms with Crippen molar-refractivity contribution in [3.63, 3.8) is 0 Å². The molecule has 0 bridgehead atoms. The van der Waals surface area contributed by atoms with Crippen molar-refractivity contribution in [1.29, 1.82) is 0 Å². The summed E-state index contributed by atoms with van der Waals surface area (Å²) in [7, 11) is 0. The van der Waals surface area contributed by atoms with E-state index in [1.807, 2.05) is 52.0 Å². The molecule has 0 aromatic heterocycles. The number of hydrogen-bond donors (Lipinski definition) is 2. The number of benzene rings is 1. The van der Waals surface area contributed by atoms with E-state index in [-0.39, 0.29) is 42.8 Å². The minimum Gasteiger partial charge on any atom is -0.488 e. The van der Waals surface area contributed by atoms with Crippen LogP contribution in [0.25, 0.3) is 0 Å². The number of amides is 2. The Hall–Kier alpha value is -2.65. The summed E-state index contributed by atoms with van der Waals surface area (Å²) in [4.78, 5) is 37.4. The summed E-state index contributed by atoms with van der Waals surface area (Å²) >= 11 is 0. The van der Waals surface area contributed by atoms with E-state index in [4.69, 9.17) is 18.9 Å². The molecule has 2 N–H and O–H groups in total. The van der Waals surface area contributed by atoms with Crippen LogP contribution in [0, 0.1) is 11.8 Å². The summed E-state index contributed by atoms with van der Waals surface area (Å²) in [6.07, 6.45) is 1.24. The van der Waals surface area contributed by atoms with E-state index in [0.717, 1.165) is 17.7 Å². The molecule has 2 atom stereocenters. The SMILES string of the molecule is CC(C)C[C@H](C)C(=O)NCCOCCOCCC(=O)N[C@@H](Cc1ccc(OC(C)(C)C)cc1)C(=O)OC(C)(C)C. The molecule has 0 heterocycles. The van der Waals surface area contributed by atoms with Crippen LogP contribution in [0.15, 0.2) is 24.3 Å². The van der Waals surface area contributed by atoms with Gasteiger partial charge in [-0.15, -0.1) is 0 Å². The lowest BCUT2D eigenvalue weighted by Crippen LogP contribution is -2.45. The molecule has 0 radical (unpaired) electrons. The van der Waals surface area contributed by atoms with Crippen LogP contribution < -0.4 is 15.4 Å². The molecule has 9 nitrogen and oxygen atoms in total. The van der Waals surface area contributed by atoms with Crippen LogP contribution in [0.3, 0.4) is 0 Å². The highest BCUT2D eigenvalue weighted by atomic mass is 16.6. The Bertz CT molecular complexity index is 902. The number of esters is 1. The van der Waals surface area contributed by atoms with Crippen LogP contribution in [0.1, 0.15) is 80.7 Å². The molecule has 0 saturated heterocycles. The zero-order chi connectivity index (χ0) is 30.3. The molecule has 0 saturated carbocycles. The first kappa shape index (κ1) is 35.4. The van der Waals surface area contributed by atoms with E-state index in [9.17, 15) is 14.4 Å². The molecular formula is C31H52N2O7. The Morgan fingerprint density at radius 2 is 1.43 bits per heavy atom. The van der Waals surface area contributed by atoms with Crippen molar-refractivity contribution in [2.45, 2.75) is 98.8 Å². The molecule has 0 aliphatic heterocycles. The largest absolute Gasteiger partial charge is 0.488 e. The first-order chi connectivity index (χ1) is 18.6. The smallest absolute Gasteiger partial charge is 0.329 e.